The zero-order valence-electron chi connectivity index (χ0n) is 19.7. The highest BCUT2D eigenvalue weighted by atomic mass is 16.5. The average molecular weight is 479 g/mol. The van der Waals surface area contributed by atoms with E-state index in [9.17, 15) is 19.5 Å². The van der Waals surface area contributed by atoms with Gasteiger partial charge in [-0.05, 0) is 48.4 Å². The Labute approximate surface area is 204 Å². The molecule has 2 aromatic carbocycles. The van der Waals surface area contributed by atoms with Gasteiger partial charge in [0, 0.05) is 25.6 Å². The number of ether oxygens (including phenoxy) is 2. The lowest BCUT2D eigenvalue weighted by atomic mass is 9.75. The fourth-order valence-corrected chi connectivity index (χ4v) is 5.62. The number of nitrogens with one attached hydrogen (secondary N) is 1. The van der Waals surface area contributed by atoms with E-state index in [2.05, 4.69) is 29.6 Å². The molecule has 1 saturated heterocycles. The molecule has 2 N–H and O–H groups in total. The molecule has 1 saturated carbocycles. The second-order valence-corrected chi connectivity index (χ2v) is 9.53. The Kier molecular flexibility index (Phi) is 6.23. The summed E-state index contributed by atoms with van der Waals surface area (Å²) in [4.78, 5) is 39.4. The van der Waals surface area contributed by atoms with Gasteiger partial charge in [-0.1, -0.05) is 48.5 Å². The molecule has 2 fully saturated rings. The molecule has 3 aliphatic rings. The minimum Gasteiger partial charge on any atom is -0.481 e. The second-order valence-electron chi connectivity index (χ2n) is 9.53. The maximum Gasteiger partial charge on any atom is 0.408 e. The van der Waals surface area contributed by atoms with Gasteiger partial charge in [0.05, 0.1) is 6.10 Å². The lowest BCUT2D eigenvalue weighted by Crippen LogP contribution is -2.63. The number of nitrogens with zero attached hydrogens (tertiary/aromatic N) is 1. The van der Waals surface area contributed by atoms with Crippen molar-refractivity contribution in [1.29, 1.82) is 0 Å². The van der Waals surface area contributed by atoms with Crippen molar-refractivity contribution in [2.75, 3.05) is 26.3 Å². The molecular formula is C27H30N2O6. The number of carboxylic acids is 1. The van der Waals surface area contributed by atoms with Crippen LogP contribution in [-0.2, 0) is 19.1 Å². The van der Waals surface area contributed by atoms with Crippen LogP contribution in [0.5, 0.6) is 0 Å². The number of alkyl carbamates (subject to hydrolysis) is 1. The van der Waals surface area contributed by atoms with E-state index < -0.39 is 29.6 Å². The van der Waals surface area contributed by atoms with Gasteiger partial charge >= 0.3 is 12.1 Å². The summed E-state index contributed by atoms with van der Waals surface area (Å²) in [5.74, 6) is -2.08. The molecule has 2 aromatic rings. The van der Waals surface area contributed by atoms with E-state index in [0.717, 1.165) is 28.7 Å². The van der Waals surface area contributed by atoms with Crippen molar-refractivity contribution < 1.29 is 29.0 Å². The summed E-state index contributed by atoms with van der Waals surface area (Å²) in [6.45, 7) is 2.63. The van der Waals surface area contributed by atoms with Gasteiger partial charge in [-0.3, -0.25) is 9.59 Å². The molecule has 2 aliphatic carbocycles. The smallest absolute Gasteiger partial charge is 0.408 e. The first kappa shape index (κ1) is 23.4. The van der Waals surface area contributed by atoms with Crippen molar-refractivity contribution in [3.8, 4) is 11.1 Å². The molecule has 2 amide bonds. The van der Waals surface area contributed by atoms with E-state index in [0.29, 0.717) is 19.4 Å². The number of carbonyl (C=O) groups excluding carboxylic acids is 2. The fourth-order valence-electron chi connectivity index (χ4n) is 5.62. The van der Waals surface area contributed by atoms with Gasteiger partial charge in [0.25, 0.3) is 0 Å². The second kappa shape index (κ2) is 9.34. The topological polar surface area (TPSA) is 105 Å². The number of amides is 2. The molecule has 35 heavy (non-hydrogen) atoms. The Hall–Kier alpha value is -3.39. The van der Waals surface area contributed by atoms with E-state index in [1.807, 2.05) is 24.3 Å². The Balaban J connectivity index is 1.25. The lowest BCUT2D eigenvalue weighted by molar-refractivity contribution is -0.145. The zero-order valence-corrected chi connectivity index (χ0v) is 19.7. The van der Waals surface area contributed by atoms with Gasteiger partial charge < -0.3 is 24.8 Å². The zero-order chi connectivity index (χ0) is 24.6. The van der Waals surface area contributed by atoms with Crippen molar-refractivity contribution in [2.24, 2.45) is 5.92 Å². The molecule has 0 spiro atoms. The van der Waals surface area contributed by atoms with Crippen LogP contribution < -0.4 is 5.32 Å². The monoisotopic (exact) mass is 478 g/mol. The number of carboxylic acid groups (broad SMARTS) is 1. The van der Waals surface area contributed by atoms with E-state index in [-0.39, 0.29) is 31.5 Å². The van der Waals surface area contributed by atoms with Gasteiger partial charge in [-0.2, -0.15) is 0 Å². The maximum atomic E-state index is 13.4. The van der Waals surface area contributed by atoms with Crippen molar-refractivity contribution in [3.63, 3.8) is 0 Å². The Bertz CT molecular complexity index is 1100. The fraction of sp³-hybridized carbons (Fsp3) is 0.444. The first-order chi connectivity index (χ1) is 16.9. The third-order valence-corrected chi connectivity index (χ3v) is 7.55. The first-order valence-corrected chi connectivity index (χ1v) is 12.2. The van der Waals surface area contributed by atoms with E-state index in [4.69, 9.17) is 9.47 Å². The van der Waals surface area contributed by atoms with Crippen molar-refractivity contribution in [3.05, 3.63) is 59.7 Å². The lowest BCUT2D eigenvalue weighted by Gasteiger charge is -2.42. The summed E-state index contributed by atoms with van der Waals surface area (Å²) in [5.41, 5.74) is 3.49. The van der Waals surface area contributed by atoms with Gasteiger partial charge in [0.2, 0.25) is 5.91 Å². The number of benzene rings is 2. The summed E-state index contributed by atoms with van der Waals surface area (Å²) in [6.07, 6.45) is 0.636. The van der Waals surface area contributed by atoms with Crippen LogP contribution in [0.15, 0.2) is 48.5 Å². The molecular weight excluding hydrogens is 448 g/mol. The maximum absolute atomic E-state index is 13.4. The van der Waals surface area contributed by atoms with Crippen LogP contribution in [0.4, 0.5) is 4.79 Å². The number of carbonyl (C=O) groups is 3. The molecule has 2 atom stereocenters. The Morgan fingerprint density at radius 1 is 1.03 bits per heavy atom. The molecule has 0 aromatic heterocycles. The van der Waals surface area contributed by atoms with Crippen molar-refractivity contribution >= 4 is 18.0 Å². The Morgan fingerprint density at radius 3 is 2.20 bits per heavy atom. The van der Waals surface area contributed by atoms with Crippen LogP contribution in [0.1, 0.15) is 43.2 Å². The average Bonchev–Trinajstić information content (AvgIpc) is 3.40. The van der Waals surface area contributed by atoms with Crippen LogP contribution in [-0.4, -0.2) is 65.9 Å². The normalized spacial score (nSPS) is 22.1. The quantitative estimate of drug-likeness (QED) is 0.632. The van der Waals surface area contributed by atoms with E-state index in [1.165, 1.54) is 4.90 Å². The number of hydrogen-bond acceptors (Lipinski definition) is 5. The Morgan fingerprint density at radius 2 is 1.66 bits per heavy atom. The van der Waals surface area contributed by atoms with Crippen LogP contribution in [0.3, 0.4) is 0 Å². The molecule has 2 unspecified atom stereocenters. The van der Waals surface area contributed by atoms with Crippen molar-refractivity contribution in [1.82, 2.24) is 10.2 Å². The largest absolute Gasteiger partial charge is 0.481 e. The van der Waals surface area contributed by atoms with E-state index >= 15 is 0 Å². The number of fused-ring (bicyclic) bond motifs is 3. The highest BCUT2D eigenvalue weighted by Crippen LogP contribution is 2.44. The molecule has 184 valence electrons. The summed E-state index contributed by atoms with van der Waals surface area (Å²) < 4.78 is 11.2. The van der Waals surface area contributed by atoms with Crippen LogP contribution in [0, 0.1) is 5.92 Å². The molecule has 0 radical (unpaired) electrons. The number of rotatable bonds is 7. The van der Waals surface area contributed by atoms with E-state index in [1.54, 1.807) is 6.92 Å². The van der Waals surface area contributed by atoms with Gasteiger partial charge in [0.1, 0.15) is 18.1 Å². The predicted molar refractivity (Wildman–Crippen MR) is 128 cm³/mol. The molecule has 8 heteroatoms. The SMILES string of the molecule is CCOC1CN(C(=O)C2(NC(=O)OCC3c4ccccc4-c4ccccc43)CCC2)CC1C(=O)O. The number of likely N-dealkylation sites (tertiary alicyclic amines) is 1. The molecule has 0 bridgehead atoms. The van der Waals surface area contributed by atoms with Gasteiger partial charge in [-0.25, -0.2) is 4.79 Å². The first-order valence-electron chi connectivity index (χ1n) is 12.2. The molecule has 1 aliphatic heterocycles. The van der Waals surface area contributed by atoms with Crippen LogP contribution in [0.25, 0.3) is 11.1 Å². The minimum atomic E-state index is -1.05. The summed E-state index contributed by atoms with van der Waals surface area (Å²) in [6, 6.07) is 16.2. The van der Waals surface area contributed by atoms with Crippen LogP contribution >= 0.6 is 0 Å². The highest BCUT2D eigenvalue weighted by Gasteiger charge is 2.51. The molecule has 5 rings (SSSR count). The molecule has 1 heterocycles. The third-order valence-electron chi connectivity index (χ3n) is 7.55. The number of hydrogen-bond donors (Lipinski definition) is 2. The summed E-state index contributed by atoms with van der Waals surface area (Å²) in [7, 11) is 0. The predicted octanol–water partition coefficient (Wildman–Crippen LogP) is 3.40. The van der Waals surface area contributed by atoms with Crippen molar-refractivity contribution in [2.45, 2.75) is 43.7 Å². The molecule has 8 nitrogen and oxygen atoms in total. The van der Waals surface area contributed by atoms with Gasteiger partial charge in [0.15, 0.2) is 0 Å². The standard InChI is InChI=1S/C27H30N2O6/c1-2-34-23-15-29(14-21(23)24(30)31)25(32)27(12-7-13-27)28-26(33)35-16-22-19-10-5-3-8-17(19)18-9-4-6-11-20(18)22/h3-6,8-11,21-23H,2,7,12-16H2,1H3,(H,28,33)(H,30,31). The highest BCUT2D eigenvalue weighted by molar-refractivity contribution is 5.92. The minimum absolute atomic E-state index is 0.0666. The summed E-state index contributed by atoms with van der Waals surface area (Å²) in [5, 5.41) is 12.4. The third kappa shape index (κ3) is 4.16. The van der Waals surface area contributed by atoms with Crippen LogP contribution in [0.2, 0.25) is 0 Å². The van der Waals surface area contributed by atoms with Gasteiger partial charge in [-0.15, -0.1) is 0 Å². The summed E-state index contributed by atoms with van der Waals surface area (Å²) >= 11 is 0. The number of aliphatic carboxylic acids is 1.